The maximum atomic E-state index is 13.7. The van der Waals surface area contributed by atoms with Crippen molar-refractivity contribution in [2.45, 2.75) is 25.8 Å². The van der Waals surface area contributed by atoms with Crippen LogP contribution in [0.1, 0.15) is 19.2 Å². The molecule has 0 spiro atoms. The van der Waals surface area contributed by atoms with Gasteiger partial charge in [0.2, 0.25) is 0 Å². The molecular formula is C13H15ClF2N2S. The lowest BCUT2D eigenvalue weighted by Crippen LogP contribution is -2.03. The van der Waals surface area contributed by atoms with E-state index in [0.29, 0.717) is 17.9 Å². The summed E-state index contributed by atoms with van der Waals surface area (Å²) in [6.45, 7) is 2.78. The third-order valence-corrected chi connectivity index (χ3v) is 4.07. The molecule has 1 heterocycles. The second-order valence-corrected chi connectivity index (χ2v) is 5.78. The second-order valence-electron chi connectivity index (χ2n) is 4.12. The van der Waals surface area contributed by atoms with Crippen molar-refractivity contribution < 1.29 is 8.78 Å². The van der Waals surface area contributed by atoms with Gasteiger partial charge in [-0.2, -0.15) is 11.8 Å². The van der Waals surface area contributed by atoms with E-state index >= 15 is 0 Å². The molecule has 0 saturated carbocycles. The zero-order valence-corrected chi connectivity index (χ0v) is 12.2. The zero-order chi connectivity index (χ0) is 13.8. The van der Waals surface area contributed by atoms with Crippen LogP contribution < -0.4 is 0 Å². The Morgan fingerprint density at radius 2 is 2.16 bits per heavy atom. The minimum absolute atomic E-state index is 0.191. The van der Waals surface area contributed by atoms with Crippen molar-refractivity contribution in [3.63, 3.8) is 0 Å². The molecule has 2 nitrogen and oxygen atoms in total. The van der Waals surface area contributed by atoms with E-state index in [1.807, 2.05) is 16.3 Å². The Morgan fingerprint density at radius 3 is 2.84 bits per heavy atom. The standard InChI is InChI=1S/C13H15ClF2N2S/c1-2-19-5-3-4-18-11-7-9(15)6-10(16)13(11)17-12(18)8-14/h6-7H,2-5,8H2,1H3. The molecule has 104 valence electrons. The van der Waals surface area contributed by atoms with Crippen molar-refractivity contribution in [3.05, 3.63) is 29.6 Å². The van der Waals surface area contributed by atoms with Gasteiger partial charge in [0.15, 0.2) is 5.82 Å². The number of alkyl halides is 1. The van der Waals surface area contributed by atoms with Crippen molar-refractivity contribution >= 4 is 34.4 Å². The van der Waals surface area contributed by atoms with E-state index in [2.05, 4.69) is 11.9 Å². The van der Waals surface area contributed by atoms with Gasteiger partial charge in [0, 0.05) is 12.6 Å². The summed E-state index contributed by atoms with van der Waals surface area (Å²) in [5.74, 6) is 1.63. The first-order valence-electron chi connectivity index (χ1n) is 6.15. The predicted molar refractivity (Wildman–Crippen MR) is 76.8 cm³/mol. The highest BCUT2D eigenvalue weighted by Crippen LogP contribution is 2.22. The van der Waals surface area contributed by atoms with Gasteiger partial charge in [-0.3, -0.25) is 0 Å². The second kappa shape index (κ2) is 6.57. The summed E-state index contributed by atoms with van der Waals surface area (Å²) in [5, 5.41) is 0. The third-order valence-electron chi connectivity index (χ3n) is 2.85. The van der Waals surface area contributed by atoms with Gasteiger partial charge in [-0.05, 0) is 24.0 Å². The van der Waals surface area contributed by atoms with E-state index in [0.717, 1.165) is 24.0 Å². The summed E-state index contributed by atoms with van der Waals surface area (Å²) < 4.78 is 28.8. The molecule has 0 amide bonds. The van der Waals surface area contributed by atoms with E-state index in [4.69, 9.17) is 11.6 Å². The quantitative estimate of drug-likeness (QED) is 0.588. The minimum atomic E-state index is -0.636. The van der Waals surface area contributed by atoms with Crippen LogP contribution in [0.3, 0.4) is 0 Å². The Kier molecular flexibility index (Phi) is 5.05. The SMILES string of the molecule is CCSCCCn1c(CCl)nc2c(F)cc(F)cc21. The largest absolute Gasteiger partial charge is 0.327 e. The average Bonchev–Trinajstić information content (AvgIpc) is 2.73. The molecule has 0 aliphatic heterocycles. The molecule has 1 aromatic carbocycles. The molecule has 19 heavy (non-hydrogen) atoms. The number of benzene rings is 1. The van der Waals surface area contributed by atoms with Crippen LogP contribution in [0.15, 0.2) is 12.1 Å². The molecule has 0 bridgehead atoms. The van der Waals surface area contributed by atoms with Crippen LogP contribution in [0.5, 0.6) is 0 Å². The Hall–Kier alpha value is -0.810. The number of halogens is 3. The molecule has 0 saturated heterocycles. The topological polar surface area (TPSA) is 17.8 Å². The van der Waals surface area contributed by atoms with Gasteiger partial charge in [-0.25, -0.2) is 13.8 Å². The first-order valence-corrected chi connectivity index (χ1v) is 7.84. The Labute approximate surface area is 120 Å². The summed E-state index contributed by atoms with van der Waals surface area (Å²) in [5.41, 5.74) is 0.676. The van der Waals surface area contributed by atoms with Crippen LogP contribution >= 0.6 is 23.4 Å². The number of fused-ring (bicyclic) bond motifs is 1. The van der Waals surface area contributed by atoms with Crippen LogP contribution in [0.25, 0.3) is 11.0 Å². The van der Waals surface area contributed by atoms with Gasteiger partial charge in [0.1, 0.15) is 17.2 Å². The molecular weight excluding hydrogens is 290 g/mol. The molecule has 0 N–H and O–H groups in total. The van der Waals surface area contributed by atoms with Gasteiger partial charge in [0.25, 0.3) is 0 Å². The van der Waals surface area contributed by atoms with E-state index in [1.54, 1.807) is 0 Å². The van der Waals surface area contributed by atoms with Crippen molar-refractivity contribution in [2.75, 3.05) is 11.5 Å². The van der Waals surface area contributed by atoms with Crippen molar-refractivity contribution in [1.82, 2.24) is 9.55 Å². The fourth-order valence-corrected chi connectivity index (χ4v) is 2.84. The van der Waals surface area contributed by atoms with Crippen molar-refractivity contribution in [1.29, 1.82) is 0 Å². The number of rotatable bonds is 6. The molecule has 1 aromatic heterocycles. The fourth-order valence-electron chi connectivity index (χ4n) is 2.02. The lowest BCUT2D eigenvalue weighted by atomic mass is 10.3. The average molecular weight is 305 g/mol. The summed E-state index contributed by atoms with van der Waals surface area (Å²) in [7, 11) is 0. The van der Waals surface area contributed by atoms with Crippen LogP contribution in [-0.4, -0.2) is 21.1 Å². The van der Waals surface area contributed by atoms with Crippen LogP contribution in [0.4, 0.5) is 8.78 Å². The van der Waals surface area contributed by atoms with Gasteiger partial charge in [-0.15, -0.1) is 11.6 Å². The number of nitrogens with zero attached hydrogens (tertiary/aromatic N) is 2. The molecule has 6 heteroatoms. The Bertz CT molecular complexity index is 571. The van der Waals surface area contributed by atoms with Gasteiger partial charge in [0.05, 0.1) is 11.4 Å². The van der Waals surface area contributed by atoms with Crippen LogP contribution in [0.2, 0.25) is 0 Å². The van der Waals surface area contributed by atoms with Crippen molar-refractivity contribution in [3.8, 4) is 0 Å². The highest BCUT2D eigenvalue weighted by molar-refractivity contribution is 7.99. The summed E-state index contributed by atoms with van der Waals surface area (Å²) in [4.78, 5) is 4.15. The minimum Gasteiger partial charge on any atom is -0.327 e. The highest BCUT2D eigenvalue weighted by Gasteiger charge is 2.14. The molecule has 2 aromatic rings. The summed E-state index contributed by atoms with van der Waals surface area (Å²) in [6, 6.07) is 2.17. The third kappa shape index (κ3) is 3.20. The Balaban J connectivity index is 2.34. The maximum Gasteiger partial charge on any atom is 0.153 e. The van der Waals surface area contributed by atoms with Gasteiger partial charge < -0.3 is 4.57 Å². The van der Waals surface area contributed by atoms with Gasteiger partial charge >= 0.3 is 0 Å². The number of imidazole rings is 1. The zero-order valence-electron chi connectivity index (χ0n) is 10.6. The van der Waals surface area contributed by atoms with Gasteiger partial charge in [-0.1, -0.05) is 6.92 Å². The number of hydrogen-bond acceptors (Lipinski definition) is 2. The maximum absolute atomic E-state index is 13.7. The smallest absolute Gasteiger partial charge is 0.153 e. The van der Waals surface area contributed by atoms with Crippen LogP contribution in [0, 0.1) is 11.6 Å². The lowest BCUT2D eigenvalue weighted by molar-refractivity contribution is 0.589. The first kappa shape index (κ1) is 14.6. The Morgan fingerprint density at radius 1 is 1.37 bits per heavy atom. The number of aromatic nitrogens is 2. The molecule has 0 unspecified atom stereocenters. The fraction of sp³-hybridized carbons (Fsp3) is 0.462. The molecule has 0 aliphatic carbocycles. The normalized spacial score (nSPS) is 11.4. The number of aryl methyl sites for hydroxylation is 1. The molecule has 2 rings (SSSR count). The van der Waals surface area contributed by atoms with E-state index < -0.39 is 11.6 Å². The summed E-state index contributed by atoms with van der Waals surface area (Å²) in [6.07, 6.45) is 0.923. The van der Waals surface area contributed by atoms with Crippen molar-refractivity contribution in [2.24, 2.45) is 0 Å². The molecule has 0 atom stereocenters. The van der Waals surface area contributed by atoms with E-state index in [-0.39, 0.29) is 11.4 Å². The monoisotopic (exact) mass is 304 g/mol. The molecule has 0 fully saturated rings. The summed E-state index contributed by atoms with van der Waals surface area (Å²) >= 11 is 7.67. The number of thioether (sulfide) groups is 1. The lowest BCUT2D eigenvalue weighted by Gasteiger charge is -2.07. The highest BCUT2D eigenvalue weighted by atomic mass is 35.5. The molecule has 0 radical (unpaired) electrons. The number of hydrogen-bond donors (Lipinski definition) is 0. The van der Waals surface area contributed by atoms with Crippen LogP contribution in [-0.2, 0) is 12.4 Å². The first-order chi connectivity index (χ1) is 9.17. The predicted octanol–water partition coefficient (Wildman–Crippen LogP) is 4.20. The van der Waals surface area contributed by atoms with E-state index in [9.17, 15) is 8.78 Å². The molecule has 0 aliphatic rings. The van der Waals surface area contributed by atoms with E-state index in [1.165, 1.54) is 6.07 Å².